The van der Waals surface area contributed by atoms with E-state index in [2.05, 4.69) is 0 Å². The van der Waals surface area contributed by atoms with Gasteiger partial charge in [-0.1, -0.05) is 19.3 Å². The Morgan fingerprint density at radius 3 is 2.32 bits per heavy atom. The number of carboxylic acid groups (broad SMARTS) is 1. The predicted octanol–water partition coefficient (Wildman–Crippen LogP) is 2.33. The van der Waals surface area contributed by atoms with Crippen LogP contribution in [0.4, 0.5) is 0 Å². The van der Waals surface area contributed by atoms with Gasteiger partial charge in [-0.3, -0.25) is 4.79 Å². The number of nitrogens with zero attached hydrogens (tertiary/aromatic N) is 1. The fourth-order valence-corrected chi connectivity index (χ4v) is 4.94. The molecule has 0 spiro atoms. The van der Waals surface area contributed by atoms with E-state index in [1.807, 2.05) is 0 Å². The summed E-state index contributed by atoms with van der Waals surface area (Å²) in [7, 11) is 0. The van der Waals surface area contributed by atoms with Crippen molar-refractivity contribution in [1.82, 2.24) is 4.90 Å². The van der Waals surface area contributed by atoms with Crippen LogP contribution >= 0.6 is 11.8 Å². The number of carbonyl (C=O) groups excluding carboxylic acids is 1. The second kappa shape index (κ2) is 5.35. The molecule has 3 aliphatic rings. The number of hydrogen-bond donors (Lipinski definition) is 1. The molecule has 0 aromatic heterocycles. The highest BCUT2D eigenvalue weighted by Crippen LogP contribution is 2.46. The Kier molecular flexibility index (Phi) is 3.74. The number of rotatable bonds is 3. The fourth-order valence-electron chi connectivity index (χ4n) is 3.30. The largest absolute Gasteiger partial charge is 0.480 e. The molecule has 2 unspecified atom stereocenters. The van der Waals surface area contributed by atoms with Gasteiger partial charge in [0.25, 0.3) is 0 Å². The van der Waals surface area contributed by atoms with Gasteiger partial charge in [-0.05, 0) is 31.6 Å². The lowest BCUT2D eigenvalue weighted by molar-refractivity contribution is -0.151. The van der Waals surface area contributed by atoms with Crippen LogP contribution in [0.5, 0.6) is 0 Å². The van der Waals surface area contributed by atoms with Crippen LogP contribution in [0, 0.1) is 11.8 Å². The highest BCUT2D eigenvalue weighted by molar-refractivity contribution is 8.00. The molecule has 1 aliphatic heterocycles. The Morgan fingerprint density at radius 2 is 1.74 bits per heavy atom. The van der Waals surface area contributed by atoms with Crippen molar-refractivity contribution in [2.24, 2.45) is 11.8 Å². The Balaban J connectivity index is 1.76. The zero-order chi connectivity index (χ0) is 13.4. The van der Waals surface area contributed by atoms with Crippen molar-refractivity contribution < 1.29 is 14.7 Å². The van der Waals surface area contributed by atoms with Crippen LogP contribution < -0.4 is 0 Å². The van der Waals surface area contributed by atoms with Gasteiger partial charge in [0.15, 0.2) is 0 Å². The van der Waals surface area contributed by atoms with E-state index in [1.165, 1.54) is 6.42 Å². The van der Waals surface area contributed by atoms with E-state index in [1.54, 1.807) is 16.7 Å². The van der Waals surface area contributed by atoms with Gasteiger partial charge in [0.1, 0.15) is 6.04 Å². The topological polar surface area (TPSA) is 57.6 Å². The molecule has 2 atom stereocenters. The molecule has 1 amide bonds. The van der Waals surface area contributed by atoms with E-state index in [-0.39, 0.29) is 17.2 Å². The average Bonchev–Trinajstić information content (AvgIpc) is 3.17. The van der Waals surface area contributed by atoms with Crippen LogP contribution in [0.2, 0.25) is 0 Å². The Bertz CT molecular complexity index is 377. The molecule has 1 N–H and O–H groups in total. The monoisotopic (exact) mass is 283 g/mol. The highest BCUT2D eigenvalue weighted by atomic mass is 32.2. The molecule has 19 heavy (non-hydrogen) atoms. The maximum Gasteiger partial charge on any atom is 0.327 e. The number of carboxylic acids is 1. The summed E-state index contributed by atoms with van der Waals surface area (Å²) in [5.74, 6) is 0.473. The molecule has 106 valence electrons. The van der Waals surface area contributed by atoms with Gasteiger partial charge in [0.05, 0.1) is 5.37 Å². The molecule has 0 aromatic carbocycles. The van der Waals surface area contributed by atoms with Crippen molar-refractivity contribution in [2.45, 2.75) is 56.4 Å². The zero-order valence-electron chi connectivity index (χ0n) is 11.1. The summed E-state index contributed by atoms with van der Waals surface area (Å²) in [5.41, 5.74) is 0. The lowest BCUT2D eigenvalue weighted by atomic mass is 9.88. The molecular formula is C14H21NO3S. The van der Waals surface area contributed by atoms with Gasteiger partial charge in [-0.25, -0.2) is 4.79 Å². The van der Waals surface area contributed by atoms with Gasteiger partial charge in [0.2, 0.25) is 5.91 Å². The van der Waals surface area contributed by atoms with Crippen molar-refractivity contribution in [1.29, 1.82) is 0 Å². The number of thioether (sulfide) groups is 1. The first-order valence-corrected chi connectivity index (χ1v) is 8.40. The normalized spacial score (nSPS) is 32.5. The quantitative estimate of drug-likeness (QED) is 0.863. The van der Waals surface area contributed by atoms with Crippen molar-refractivity contribution >= 4 is 23.6 Å². The maximum atomic E-state index is 12.7. The summed E-state index contributed by atoms with van der Waals surface area (Å²) in [6, 6.07) is -0.593. The molecule has 2 saturated carbocycles. The molecule has 0 aromatic rings. The molecule has 1 saturated heterocycles. The standard InChI is InChI=1S/C14H21NO3S/c16-12(9-4-2-1-3-5-9)15-11(14(17)18)8-19-13(15)10-6-7-10/h9-11,13H,1-8H2,(H,17,18). The minimum absolute atomic E-state index is 0.0792. The summed E-state index contributed by atoms with van der Waals surface area (Å²) < 4.78 is 0. The van der Waals surface area contributed by atoms with Crippen LogP contribution in [0.3, 0.4) is 0 Å². The third-order valence-corrected chi connectivity index (χ3v) is 6.02. The van der Waals surface area contributed by atoms with Gasteiger partial charge in [0, 0.05) is 11.7 Å². The van der Waals surface area contributed by atoms with E-state index in [0.717, 1.165) is 38.5 Å². The predicted molar refractivity (Wildman–Crippen MR) is 73.8 cm³/mol. The first kappa shape index (κ1) is 13.3. The minimum atomic E-state index is -0.834. The summed E-state index contributed by atoms with van der Waals surface area (Å²) in [5, 5.41) is 9.48. The number of amides is 1. The van der Waals surface area contributed by atoms with Crippen LogP contribution in [-0.4, -0.2) is 39.1 Å². The maximum absolute atomic E-state index is 12.7. The highest BCUT2D eigenvalue weighted by Gasteiger charge is 2.49. The van der Waals surface area contributed by atoms with Crippen molar-refractivity contribution in [3.63, 3.8) is 0 Å². The Morgan fingerprint density at radius 1 is 1.05 bits per heavy atom. The lowest BCUT2D eigenvalue weighted by Crippen LogP contribution is -2.49. The molecule has 0 bridgehead atoms. The number of aliphatic carboxylic acids is 1. The molecule has 5 heteroatoms. The van der Waals surface area contributed by atoms with E-state index in [9.17, 15) is 14.7 Å². The summed E-state index contributed by atoms with van der Waals surface area (Å²) in [6.45, 7) is 0. The van der Waals surface area contributed by atoms with Crippen molar-refractivity contribution in [2.75, 3.05) is 5.75 Å². The van der Waals surface area contributed by atoms with Crippen LogP contribution in [0.25, 0.3) is 0 Å². The smallest absolute Gasteiger partial charge is 0.327 e. The van der Waals surface area contributed by atoms with Crippen molar-refractivity contribution in [3.05, 3.63) is 0 Å². The van der Waals surface area contributed by atoms with E-state index >= 15 is 0 Å². The van der Waals surface area contributed by atoms with Crippen LogP contribution in [0.1, 0.15) is 44.9 Å². The molecule has 0 radical (unpaired) electrons. The van der Waals surface area contributed by atoms with Gasteiger partial charge in [-0.2, -0.15) is 0 Å². The molecule has 1 heterocycles. The number of carbonyl (C=O) groups is 2. The van der Waals surface area contributed by atoms with Crippen molar-refractivity contribution in [3.8, 4) is 0 Å². The minimum Gasteiger partial charge on any atom is -0.480 e. The lowest BCUT2D eigenvalue weighted by Gasteiger charge is -2.32. The van der Waals surface area contributed by atoms with E-state index in [4.69, 9.17) is 0 Å². The summed E-state index contributed by atoms with van der Waals surface area (Å²) in [4.78, 5) is 25.8. The third kappa shape index (κ3) is 2.62. The third-order valence-electron chi connectivity index (χ3n) is 4.55. The number of hydrogen-bond acceptors (Lipinski definition) is 3. The van der Waals surface area contributed by atoms with Crippen LogP contribution in [0.15, 0.2) is 0 Å². The first-order valence-electron chi connectivity index (χ1n) is 7.35. The Labute approximate surface area is 117 Å². The Hall–Kier alpha value is -0.710. The fraction of sp³-hybridized carbons (Fsp3) is 0.857. The zero-order valence-corrected chi connectivity index (χ0v) is 11.9. The molecule has 2 aliphatic carbocycles. The SMILES string of the molecule is O=C(O)C1CSC(C2CC2)N1C(=O)C1CCCCC1. The van der Waals surface area contributed by atoms with Crippen LogP contribution in [-0.2, 0) is 9.59 Å². The molecule has 4 nitrogen and oxygen atoms in total. The second-order valence-corrected chi connectivity index (χ2v) is 7.15. The summed E-state index contributed by atoms with van der Waals surface area (Å²) in [6.07, 6.45) is 7.64. The first-order chi connectivity index (χ1) is 9.18. The van der Waals surface area contributed by atoms with Gasteiger partial charge < -0.3 is 10.0 Å². The second-order valence-electron chi connectivity index (χ2n) is 6.00. The molecule has 3 fully saturated rings. The van der Waals surface area contributed by atoms with Gasteiger partial charge >= 0.3 is 5.97 Å². The average molecular weight is 283 g/mol. The van der Waals surface area contributed by atoms with Gasteiger partial charge in [-0.15, -0.1) is 11.8 Å². The summed E-state index contributed by atoms with van der Waals surface area (Å²) >= 11 is 1.67. The van der Waals surface area contributed by atoms with E-state index in [0.29, 0.717) is 11.7 Å². The molecule has 3 rings (SSSR count). The molecular weight excluding hydrogens is 262 g/mol. The van der Waals surface area contributed by atoms with E-state index < -0.39 is 12.0 Å².